The molecule has 0 aromatic heterocycles. The second kappa shape index (κ2) is 6.31. The van der Waals surface area contributed by atoms with Gasteiger partial charge in [0.1, 0.15) is 5.69 Å². The number of hydrogen-bond donors (Lipinski definition) is 1. The van der Waals surface area contributed by atoms with E-state index < -0.39 is 45.2 Å². The minimum Gasteiger partial charge on any atom is -0.362 e. The number of carbonyl (C=O) groups is 2. The monoisotopic (exact) mass is 392 g/mol. The molecule has 2 aliphatic heterocycles. The summed E-state index contributed by atoms with van der Waals surface area (Å²) in [5.74, 6) is -1.42. The van der Waals surface area contributed by atoms with Crippen LogP contribution in [0.5, 0.6) is 0 Å². The number of halogens is 4. The van der Waals surface area contributed by atoms with Crippen molar-refractivity contribution in [1.29, 1.82) is 0 Å². The highest BCUT2D eigenvalue weighted by Crippen LogP contribution is 2.41. The fourth-order valence-electron chi connectivity index (χ4n) is 3.10. The maximum Gasteiger partial charge on any atom is 0.418 e. The lowest BCUT2D eigenvalue weighted by Gasteiger charge is -2.44. The molecule has 0 radical (unpaired) electrons. The Morgan fingerprint density at radius 3 is 2.58 bits per heavy atom. The van der Waals surface area contributed by atoms with E-state index in [0.717, 1.165) is 6.07 Å². The van der Waals surface area contributed by atoms with E-state index >= 15 is 0 Å². The molecule has 1 aromatic rings. The van der Waals surface area contributed by atoms with E-state index in [1.807, 2.05) is 0 Å². The Morgan fingerprint density at radius 1 is 1.27 bits per heavy atom. The third-order valence-corrected chi connectivity index (χ3v) is 4.66. The Kier molecular flexibility index (Phi) is 4.42. The van der Waals surface area contributed by atoms with Gasteiger partial charge in [-0.15, -0.1) is 0 Å². The summed E-state index contributed by atoms with van der Waals surface area (Å²) in [4.78, 5) is 36.4. The number of anilines is 1. The van der Waals surface area contributed by atoms with E-state index in [1.54, 1.807) is 0 Å². The number of benzene rings is 1. The zero-order valence-electron chi connectivity index (χ0n) is 13.0. The van der Waals surface area contributed by atoms with E-state index in [2.05, 4.69) is 5.32 Å². The molecule has 3 rings (SSSR count). The third-order valence-electron chi connectivity index (χ3n) is 4.34. The Labute approximate surface area is 149 Å². The molecule has 0 unspecified atom stereocenters. The maximum absolute atomic E-state index is 13.0. The fourth-order valence-corrected chi connectivity index (χ4v) is 3.37. The Bertz CT molecular complexity index is 801. The van der Waals surface area contributed by atoms with Crippen LogP contribution in [0.15, 0.2) is 12.1 Å². The van der Waals surface area contributed by atoms with Gasteiger partial charge in [0.2, 0.25) is 0 Å². The van der Waals surface area contributed by atoms with Crippen molar-refractivity contribution in [3.05, 3.63) is 32.8 Å². The van der Waals surface area contributed by atoms with Gasteiger partial charge in [-0.3, -0.25) is 19.7 Å². The lowest BCUT2D eigenvalue weighted by molar-refractivity contribution is -0.384. The summed E-state index contributed by atoms with van der Waals surface area (Å²) in [6.45, 7) is 0.516. The van der Waals surface area contributed by atoms with E-state index in [1.165, 1.54) is 9.80 Å². The molecule has 1 N–H and O–H groups in total. The van der Waals surface area contributed by atoms with Gasteiger partial charge < -0.3 is 15.1 Å². The molecule has 140 valence electrons. The van der Waals surface area contributed by atoms with Crippen LogP contribution in [0.4, 0.5) is 24.5 Å². The second-order valence-corrected chi connectivity index (χ2v) is 6.29. The van der Waals surface area contributed by atoms with Crippen LogP contribution in [0.25, 0.3) is 0 Å². The summed E-state index contributed by atoms with van der Waals surface area (Å²) in [5.41, 5.74) is -2.06. The summed E-state index contributed by atoms with van der Waals surface area (Å²) in [5, 5.41) is 13.1. The lowest BCUT2D eigenvalue weighted by atomic mass is 10.1. The molecule has 0 bridgehead atoms. The third kappa shape index (κ3) is 3.14. The normalized spacial score (nSPS) is 20.7. The number of rotatable bonds is 2. The standard InChI is InChI=1S/C14H12ClF3N4O4/c15-9-4-10(11(22(25)26)3-8(9)14(16,17)18)20-1-2-21-7(6-20)5-19-12(23)13(21)24/h3-4,7H,1-2,5-6H2,(H,19,23)/t7-/m1/s1. The summed E-state index contributed by atoms with van der Waals surface area (Å²) in [6, 6.07) is 0.897. The topological polar surface area (TPSA) is 95.8 Å². The van der Waals surface area contributed by atoms with Gasteiger partial charge in [0.25, 0.3) is 5.69 Å². The van der Waals surface area contributed by atoms with Crippen LogP contribution in [-0.2, 0) is 15.8 Å². The number of piperazine rings is 2. The van der Waals surface area contributed by atoms with Crippen molar-refractivity contribution in [3.63, 3.8) is 0 Å². The van der Waals surface area contributed by atoms with E-state index in [4.69, 9.17) is 11.6 Å². The average molecular weight is 393 g/mol. The first kappa shape index (κ1) is 18.2. The molecule has 8 nitrogen and oxygen atoms in total. The molecule has 12 heteroatoms. The number of nitro groups is 1. The average Bonchev–Trinajstić information content (AvgIpc) is 2.56. The smallest absolute Gasteiger partial charge is 0.362 e. The van der Waals surface area contributed by atoms with Gasteiger partial charge in [0.15, 0.2) is 0 Å². The summed E-state index contributed by atoms with van der Waals surface area (Å²) < 4.78 is 38.9. The minimum absolute atomic E-state index is 0.0583. The van der Waals surface area contributed by atoms with Crippen LogP contribution >= 0.6 is 11.6 Å². The Morgan fingerprint density at radius 2 is 1.96 bits per heavy atom. The van der Waals surface area contributed by atoms with E-state index in [0.29, 0.717) is 6.07 Å². The van der Waals surface area contributed by atoms with Gasteiger partial charge in [-0.05, 0) is 6.07 Å². The molecular weight excluding hydrogens is 381 g/mol. The van der Waals surface area contributed by atoms with Crippen LogP contribution < -0.4 is 10.2 Å². The number of fused-ring (bicyclic) bond motifs is 1. The zero-order valence-corrected chi connectivity index (χ0v) is 13.8. The second-order valence-electron chi connectivity index (χ2n) is 5.88. The molecule has 26 heavy (non-hydrogen) atoms. The first-order valence-electron chi connectivity index (χ1n) is 7.48. The van der Waals surface area contributed by atoms with Crippen molar-refractivity contribution in [2.75, 3.05) is 31.1 Å². The van der Waals surface area contributed by atoms with Crippen molar-refractivity contribution in [2.45, 2.75) is 12.2 Å². The minimum atomic E-state index is -4.82. The molecule has 2 saturated heterocycles. The summed E-state index contributed by atoms with van der Waals surface area (Å²) in [7, 11) is 0. The quantitative estimate of drug-likeness (QED) is 0.466. The predicted octanol–water partition coefficient (Wildman–Crippen LogP) is 1.41. The largest absolute Gasteiger partial charge is 0.418 e. The van der Waals surface area contributed by atoms with Crippen molar-refractivity contribution < 1.29 is 27.7 Å². The SMILES string of the molecule is O=C1NC[C@@H]2CN(c3cc(Cl)c(C(F)(F)F)cc3[N+](=O)[O-])CCN2C1=O. The molecule has 0 saturated carbocycles. The highest BCUT2D eigenvalue weighted by Gasteiger charge is 2.40. The fraction of sp³-hybridized carbons (Fsp3) is 0.429. The molecule has 0 aliphatic carbocycles. The van der Waals surface area contributed by atoms with Crippen LogP contribution in [0, 0.1) is 10.1 Å². The molecule has 2 fully saturated rings. The van der Waals surface area contributed by atoms with Crippen molar-refractivity contribution in [2.24, 2.45) is 0 Å². The van der Waals surface area contributed by atoms with Crippen LogP contribution in [0.2, 0.25) is 5.02 Å². The van der Waals surface area contributed by atoms with Crippen molar-refractivity contribution in [3.8, 4) is 0 Å². The number of nitrogens with zero attached hydrogens (tertiary/aromatic N) is 3. The van der Waals surface area contributed by atoms with Crippen LogP contribution in [0.3, 0.4) is 0 Å². The van der Waals surface area contributed by atoms with E-state index in [-0.39, 0.29) is 31.9 Å². The molecule has 1 atom stereocenters. The summed E-state index contributed by atoms with van der Waals surface area (Å²) >= 11 is 5.70. The van der Waals surface area contributed by atoms with Gasteiger partial charge in [-0.25, -0.2) is 0 Å². The van der Waals surface area contributed by atoms with Crippen molar-refractivity contribution in [1.82, 2.24) is 10.2 Å². The van der Waals surface area contributed by atoms with Gasteiger partial charge in [-0.2, -0.15) is 13.2 Å². The molecule has 2 heterocycles. The number of nitro benzene ring substituents is 1. The molecule has 1 aromatic carbocycles. The highest BCUT2D eigenvalue weighted by atomic mass is 35.5. The highest BCUT2D eigenvalue weighted by molar-refractivity contribution is 6.35. The first-order valence-corrected chi connectivity index (χ1v) is 7.86. The van der Waals surface area contributed by atoms with Crippen LogP contribution in [-0.4, -0.2) is 53.9 Å². The molecule has 0 spiro atoms. The van der Waals surface area contributed by atoms with Gasteiger partial charge in [0, 0.05) is 32.2 Å². The molecule has 2 amide bonds. The Hall–Kier alpha value is -2.56. The van der Waals surface area contributed by atoms with Crippen molar-refractivity contribution >= 4 is 34.8 Å². The predicted molar refractivity (Wildman–Crippen MR) is 83.8 cm³/mol. The lowest BCUT2D eigenvalue weighted by Crippen LogP contribution is -2.65. The number of amides is 2. The number of alkyl halides is 3. The van der Waals surface area contributed by atoms with Gasteiger partial charge in [0.05, 0.1) is 21.6 Å². The number of hydrogen-bond acceptors (Lipinski definition) is 5. The van der Waals surface area contributed by atoms with E-state index in [9.17, 15) is 32.9 Å². The number of nitrogens with one attached hydrogen (secondary N) is 1. The number of carbonyl (C=O) groups excluding carboxylic acids is 2. The maximum atomic E-state index is 13.0. The first-order chi connectivity index (χ1) is 12.1. The van der Waals surface area contributed by atoms with Crippen LogP contribution in [0.1, 0.15) is 5.56 Å². The molecule has 2 aliphatic rings. The zero-order chi connectivity index (χ0) is 19.2. The summed E-state index contributed by atoms with van der Waals surface area (Å²) in [6.07, 6.45) is -4.82. The molecular formula is C14H12ClF3N4O4. The Balaban J connectivity index is 1.95. The van der Waals surface area contributed by atoms with Gasteiger partial charge >= 0.3 is 18.0 Å². The van der Waals surface area contributed by atoms with Gasteiger partial charge in [-0.1, -0.05) is 11.6 Å².